The number of rotatable bonds is 17. The maximum atomic E-state index is 2.40. The van der Waals surface area contributed by atoms with Gasteiger partial charge in [0.25, 0.3) is 0 Å². The quantitative estimate of drug-likeness (QED) is 0.0906. The van der Waals surface area contributed by atoms with Crippen LogP contribution in [0.4, 0.5) is 34.1 Å². The molecule has 0 aliphatic heterocycles. The minimum atomic E-state index is 1.08. The van der Waals surface area contributed by atoms with Gasteiger partial charge in [-0.2, -0.15) is 0 Å². The zero-order valence-electron chi connectivity index (χ0n) is 68.7. The van der Waals surface area contributed by atoms with Gasteiger partial charge < -0.3 is 23.5 Å². The van der Waals surface area contributed by atoms with E-state index in [0.717, 1.165) is 73.4 Å². The molecule has 0 atom stereocenters. The predicted octanol–water partition coefficient (Wildman–Crippen LogP) is 32.9. The summed E-state index contributed by atoms with van der Waals surface area (Å²) < 4.78 is 7.11. The van der Waals surface area contributed by atoms with Crippen molar-refractivity contribution in [3.05, 3.63) is 504 Å². The van der Waals surface area contributed by atoms with Gasteiger partial charge in [0.15, 0.2) is 0 Å². The Morgan fingerprint density at radius 1 is 0.128 bits per heavy atom. The maximum Gasteiger partial charge on any atom is 0.0541 e. The lowest BCUT2D eigenvalue weighted by Crippen LogP contribution is -2.11. The monoisotopic (exact) mass is 1590 g/mol. The number of nitrogens with zero attached hydrogens (tertiary/aromatic N) is 5. The lowest BCUT2D eigenvalue weighted by atomic mass is 9.96. The van der Waals surface area contributed by atoms with Crippen molar-refractivity contribution in [1.82, 2.24) is 13.7 Å². The van der Waals surface area contributed by atoms with Gasteiger partial charge in [-0.3, -0.25) is 0 Å². The largest absolute Gasteiger partial charge is 0.310 e. The molecule has 588 valence electrons. The molecule has 20 aromatic carbocycles. The smallest absolute Gasteiger partial charge is 0.0541 e. The molecule has 0 amide bonds. The molecule has 0 aliphatic carbocycles. The first-order chi connectivity index (χ1) is 62.0. The van der Waals surface area contributed by atoms with Gasteiger partial charge in [0.05, 0.1) is 44.5 Å². The van der Waals surface area contributed by atoms with Crippen LogP contribution >= 0.6 is 0 Å². The van der Waals surface area contributed by atoms with E-state index in [-0.39, 0.29) is 0 Å². The van der Waals surface area contributed by atoms with Crippen molar-refractivity contribution in [3.8, 4) is 106 Å². The predicted molar refractivity (Wildman–Crippen MR) is 529 cm³/mol. The Balaban J connectivity index is 0.000000152. The van der Waals surface area contributed by atoms with Gasteiger partial charge in [-0.1, -0.05) is 358 Å². The van der Waals surface area contributed by atoms with E-state index in [1.54, 1.807) is 0 Å². The van der Waals surface area contributed by atoms with Gasteiger partial charge in [0.1, 0.15) is 0 Å². The third-order valence-electron chi connectivity index (χ3n) is 24.6. The number of hydrogen-bond donors (Lipinski definition) is 0. The van der Waals surface area contributed by atoms with Crippen LogP contribution in [-0.4, -0.2) is 13.7 Å². The third kappa shape index (κ3) is 14.2. The van der Waals surface area contributed by atoms with Crippen LogP contribution in [-0.2, 0) is 0 Å². The molecular weight excluding hydrogens is 1510 g/mol. The molecule has 23 aromatic rings. The van der Waals surface area contributed by atoms with Crippen LogP contribution in [0.2, 0.25) is 0 Å². The summed E-state index contributed by atoms with van der Waals surface area (Å²) in [6.45, 7) is 0. The molecule has 0 saturated carbocycles. The number of anilines is 6. The third-order valence-corrected chi connectivity index (χ3v) is 24.6. The summed E-state index contributed by atoms with van der Waals surface area (Å²) in [6.07, 6.45) is 0. The van der Waals surface area contributed by atoms with E-state index in [1.165, 1.54) is 132 Å². The first-order valence-corrected chi connectivity index (χ1v) is 42.8. The highest BCUT2D eigenvalue weighted by atomic mass is 15.2. The van der Waals surface area contributed by atoms with E-state index < -0.39 is 0 Å². The summed E-state index contributed by atoms with van der Waals surface area (Å²) in [7, 11) is 0. The zero-order valence-corrected chi connectivity index (χ0v) is 68.7. The van der Waals surface area contributed by atoms with Crippen LogP contribution in [0, 0.1) is 0 Å². The highest BCUT2D eigenvalue weighted by molar-refractivity contribution is 6.12. The fraction of sp³-hybridized carbons (Fsp3) is 0. The molecule has 0 radical (unpaired) electrons. The molecular formula is C120H83N5. The van der Waals surface area contributed by atoms with Crippen molar-refractivity contribution in [2.24, 2.45) is 0 Å². The number of para-hydroxylation sites is 6. The Labute approximate surface area is 727 Å². The molecule has 0 N–H and O–H groups in total. The second-order valence-corrected chi connectivity index (χ2v) is 31.9. The summed E-state index contributed by atoms with van der Waals surface area (Å²) in [5.74, 6) is 0. The first kappa shape index (κ1) is 74.7. The van der Waals surface area contributed by atoms with E-state index in [2.05, 4.69) is 527 Å². The van der Waals surface area contributed by atoms with Crippen LogP contribution < -0.4 is 9.80 Å². The van der Waals surface area contributed by atoms with Crippen molar-refractivity contribution in [2.75, 3.05) is 9.80 Å². The molecule has 23 rings (SSSR count). The zero-order chi connectivity index (χ0) is 82.9. The lowest BCUT2D eigenvalue weighted by Gasteiger charge is -2.29. The average Bonchev–Trinajstić information content (AvgIpc) is 1.59. The second kappa shape index (κ2) is 32.8. The maximum absolute atomic E-state index is 2.40. The van der Waals surface area contributed by atoms with E-state index in [4.69, 9.17) is 0 Å². The topological polar surface area (TPSA) is 21.3 Å². The molecule has 0 bridgehead atoms. The summed E-state index contributed by atoms with van der Waals surface area (Å²) in [6, 6.07) is 182. The summed E-state index contributed by atoms with van der Waals surface area (Å²) in [5, 5.41) is 7.60. The Bertz CT molecular complexity index is 7440. The average molecular weight is 1600 g/mol. The highest BCUT2D eigenvalue weighted by Crippen LogP contribution is 2.48. The molecule has 0 fully saturated rings. The fourth-order valence-corrected chi connectivity index (χ4v) is 18.5. The molecule has 5 nitrogen and oxygen atoms in total. The minimum absolute atomic E-state index is 1.08. The summed E-state index contributed by atoms with van der Waals surface area (Å²) in [5.41, 5.74) is 36.1. The van der Waals surface area contributed by atoms with Crippen LogP contribution in [0.1, 0.15) is 0 Å². The van der Waals surface area contributed by atoms with Crippen LogP contribution in [0.5, 0.6) is 0 Å². The van der Waals surface area contributed by atoms with Crippen molar-refractivity contribution in [2.45, 2.75) is 0 Å². The SMILES string of the molecule is c1ccc(-c2ccc(N(c3ccc(-c4ccc(-n5c6ccccc6c6ccccc65)cc4)cc3)c3ccc(-c4ccc(-n5c6ccccc6c6ccccc65)cc4)cc3)c(-c3ccccc3)c2)cc1.c1ccc(-c2ccc(N(c3ccc(-c4ccc(-n5c6ccccc6c6ccccc65)cc4)cc3)c3ccc(-c4ccccc4)cc3-c3ccccc3)cc2)cc1. The standard InChI is InChI=1S/C66H45N3.C54H38N2/c1-3-15-46(16-4-1)52-35-44-66(61(45-52)51-17-5-2-6-18-51)67(53-36-27-47(28-37-53)49-31-40-55(41-32-49)68-62-23-11-7-19-57(62)58-20-8-12-24-63(58)68)54-38-29-48(30-39-54)50-33-42-56(43-34-50)69-64-25-13-9-21-59(64)60-22-10-14-26-65(60)69;1-4-14-39(15-5-1)41-24-31-46(32-25-41)55(54-37-30-45(40-16-6-2-7-17-40)38-51(54)44-18-8-3-9-19-44)47-33-26-42(27-34-47)43-28-35-48(36-29-43)56-52-22-12-10-20-49(52)50-21-11-13-23-53(50)56/h1-45H;1-38H. The van der Waals surface area contributed by atoms with Gasteiger partial charge in [-0.15, -0.1) is 0 Å². The van der Waals surface area contributed by atoms with Crippen LogP contribution in [0.15, 0.2) is 504 Å². The fourth-order valence-electron chi connectivity index (χ4n) is 18.5. The number of fused-ring (bicyclic) bond motifs is 9. The summed E-state index contributed by atoms with van der Waals surface area (Å²) >= 11 is 0. The Hall–Kier alpha value is -16.6. The molecule has 125 heavy (non-hydrogen) atoms. The highest BCUT2D eigenvalue weighted by Gasteiger charge is 2.24. The molecule has 5 heteroatoms. The van der Waals surface area contributed by atoms with E-state index >= 15 is 0 Å². The molecule has 0 unspecified atom stereocenters. The number of hydrogen-bond acceptors (Lipinski definition) is 2. The molecule has 0 saturated heterocycles. The lowest BCUT2D eigenvalue weighted by molar-refractivity contribution is 1.18. The van der Waals surface area contributed by atoms with Crippen molar-refractivity contribution in [3.63, 3.8) is 0 Å². The molecule has 3 aromatic heterocycles. The molecule has 0 spiro atoms. The Kier molecular flexibility index (Phi) is 19.6. The van der Waals surface area contributed by atoms with E-state index in [9.17, 15) is 0 Å². The minimum Gasteiger partial charge on any atom is -0.310 e. The van der Waals surface area contributed by atoms with Crippen molar-refractivity contribution < 1.29 is 0 Å². The van der Waals surface area contributed by atoms with E-state index in [0.29, 0.717) is 0 Å². The Morgan fingerprint density at radius 3 is 0.520 bits per heavy atom. The van der Waals surface area contributed by atoms with E-state index in [1.807, 2.05) is 0 Å². The number of benzene rings is 20. The normalized spacial score (nSPS) is 11.4. The second-order valence-electron chi connectivity index (χ2n) is 31.9. The van der Waals surface area contributed by atoms with Gasteiger partial charge in [0.2, 0.25) is 0 Å². The van der Waals surface area contributed by atoms with Gasteiger partial charge in [-0.25, -0.2) is 0 Å². The van der Waals surface area contributed by atoms with Crippen LogP contribution in [0.3, 0.4) is 0 Å². The number of aromatic nitrogens is 3. The first-order valence-electron chi connectivity index (χ1n) is 42.8. The Morgan fingerprint density at radius 2 is 0.296 bits per heavy atom. The van der Waals surface area contributed by atoms with Crippen LogP contribution in [0.25, 0.3) is 171 Å². The van der Waals surface area contributed by atoms with Gasteiger partial charge in [-0.05, 0) is 223 Å². The molecule has 3 heterocycles. The molecule has 0 aliphatic rings. The van der Waals surface area contributed by atoms with Gasteiger partial charge in [0, 0.05) is 83.3 Å². The van der Waals surface area contributed by atoms with Crippen molar-refractivity contribution >= 4 is 99.5 Å². The van der Waals surface area contributed by atoms with Gasteiger partial charge >= 0.3 is 0 Å². The van der Waals surface area contributed by atoms with Crippen molar-refractivity contribution in [1.29, 1.82) is 0 Å². The summed E-state index contributed by atoms with van der Waals surface area (Å²) in [4.78, 5) is 4.79.